The number of methoxy groups -OCH3 is 1. The van der Waals surface area contributed by atoms with Crippen molar-refractivity contribution in [1.29, 1.82) is 0 Å². The van der Waals surface area contributed by atoms with Gasteiger partial charge in [0.2, 0.25) is 0 Å². The van der Waals surface area contributed by atoms with E-state index in [4.69, 9.17) is 4.74 Å². The highest BCUT2D eigenvalue weighted by Crippen LogP contribution is 2.18. The standard InChI is InChI=1S/C16H23F2N3O2/c1-23-10-9-21-7-5-12(6-8-21)11-19-16(22)20-15-13(17)3-2-4-14(15)18/h2-4,12H,5-11H2,1H3,(H2,19,20,22). The molecule has 128 valence electrons. The Kier molecular flexibility index (Phi) is 6.73. The number of ether oxygens (including phenoxy) is 1. The fourth-order valence-electron chi connectivity index (χ4n) is 2.65. The molecule has 2 N–H and O–H groups in total. The number of nitrogens with zero attached hydrogens (tertiary/aromatic N) is 1. The van der Waals surface area contributed by atoms with E-state index in [-0.39, 0.29) is 0 Å². The number of para-hydroxylation sites is 1. The minimum absolute atomic E-state index is 0.380. The van der Waals surface area contributed by atoms with Crippen molar-refractivity contribution in [2.45, 2.75) is 12.8 Å². The Morgan fingerprint density at radius 3 is 2.57 bits per heavy atom. The summed E-state index contributed by atoms with van der Waals surface area (Å²) in [6, 6.07) is 2.88. The lowest BCUT2D eigenvalue weighted by Gasteiger charge is -2.31. The van der Waals surface area contributed by atoms with Crippen LogP contribution >= 0.6 is 0 Å². The van der Waals surface area contributed by atoms with Crippen LogP contribution in [0.4, 0.5) is 19.3 Å². The number of benzene rings is 1. The third-order valence-corrected chi connectivity index (χ3v) is 4.07. The number of rotatable bonds is 6. The van der Waals surface area contributed by atoms with Gasteiger partial charge in [-0.2, -0.15) is 0 Å². The van der Waals surface area contributed by atoms with E-state index in [0.717, 1.165) is 51.2 Å². The van der Waals surface area contributed by atoms with Gasteiger partial charge in [0.1, 0.15) is 17.3 Å². The lowest BCUT2D eigenvalue weighted by molar-refractivity contribution is 0.120. The summed E-state index contributed by atoms with van der Waals surface area (Å²) in [6.07, 6.45) is 1.97. The molecule has 0 bridgehead atoms. The predicted molar refractivity (Wildman–Crippen MR) is 84.4 cm³/mol. The van der Waals surface area contributed by atoms with Crippen LogP contribution in [0, 0.1) is 17.6 Å². The maximum Gasteiger partial charge on any atom is 0.319 e. The Morgan fingerprint density at radius 2 is 1.96 bits per heavy atom. The number of nitrogens with one attached hydrogen (secondary N) is 2. The summed E-state index contributed by atoms with van der Waals surface area (Å²) in [5.41, 5.74) is -0.417. The van der Waals surface area contributed by atoms with Gasteiger partial charge in [-0.1, -0.05) is 6.07 Å². The van der Waals surface area contributed by atoms with Gasteiger partial charge >= 0.3 is 6.03 Å². The Bertz CT molecular complexity index is 500. The van der Waals surface area contributed by atoms with Gasteiger partial charge in [0.25, 0.3) is 0 Å². The van der Waals surface area contributed by atoms with Gasteiger partial charge in [-0.05, 0) is 44.0 Å². The molecule has 0 aliphatic carbocycles. The van der Waals surface area contributed by atoms with Crippen LogP contribution in [-0.2, 0) is 4.74 Å². The first-order valence-electron chi connectivity index (χ1n) is 7.80. The topological polar surface area (TPSA) is 53.6 Å². The maximum atomic E-state index is 13.5. The largest absolute Gasteiger partial charge is 0.383 e. The van der Waals surface area contributed by atoms with Gasteiger partial charge in [-0.25, -0.2) is 13.6 Å². The van der Waals surface area contributed by atoms with Crippen LogP contribution in [0.15, 0.2) is 18.2 Å². The fourth-order valence-corrected chi connectivity index (χ4v) is 2.65. The third kappa shape index (κ3) is 5.44. The number of piperidine rings is 1. The lowest BCUT2D eigenvalue weighted by atomic mass is 9.97. The molecular formula is C16H23F2N3O2. The Morgan fingerprint density at radius 1 is 1.30 bits per heavy atom. The smallest absolute Gasteiger partial charge is 0.319 e. The molecule has 0 aromatic heterocycles. The quantitative estimate of drug-likeness (QED) is 0.844. The molecule has 1 fully saturated rings. The molecule has 1 aromatic carbocycles. The Balaban J connectivity index is 1.71. The van der Waals surface area contributed by atoms with Gasteiger partial charge in [0.05, 0.1) is 6.61 Å². The van der Waals surface area contributed by atoms with Crippen LogP contribution in [0.3, 0.4) is 0 Å². The van der Waals surface area contributed by atoms with E-state index in [1.54, 1.807) is 7.11 Å². The van der Waals surface area contributed by atoms with E-state index in [1.807, 2.05) is 0 Å². The number of amides is 2. The summed E-state index contributed by atoms with van der Waals surface area (Å²) in [5.74, 6) is -1.19. The summed E-state index contributed by atoms with van der Waals surface area (Å²) in [4.78, 5) is 14.1. The maximum absolute atomic E-state index is 13.5. The monoisotopic (exact) mass is 327 g/mol. The molecule has 5 nitrogen and oxygen atoms in total. The summed E-state index contributed by atoms with van der Waals surface area (Å²) >= 11 is 0. The number of anilines is 1. The molecule has 0 spiro atoms. The molecule has 0 atom stereocenters. The van der Waals surface area contributed by atoms with E-state index in [0.29, 0.717) is 12.5 Å². The predicted octanol–water partition coefficient (Wildman–Crippen LogP) is 2.44. The van der Waals surface area contributed by atoms with Gasteiger partial charge in [0.15, 0.2) is 0 Å². The number of likely N-dealkylation sites (tertiary alicyclic amines) is 1. The Hall–Kier alpha value is -1.73. The molecule has 1 heterocycles. The average Bonchev–Trinajstić information content (AvgIpc) is 2.55. The number of urea groups is 1. The number of hydrogen-bond donors (Lipinski definition) is 2. The Labute approximate surface area is 135 Å². The van der Waals surface area contributed by atoms with E-state index in [9.17, 15) is 13.6 Å². The van der Waals surface area contributed by atoms with Crippen molar-refractivity contribution in [2.24, 2.45) is 5.92 Å². The van der Waals surface area contributed by atoms with Gasteiger partial charge in [-0.15, -0.1) is 0 Å². The van der Waals surface area contributed by atoms with Crippen LogP contribution in [-0.4, -0.2) is 50.8 Å². The van der Waals surface area contributed by atoms with Crippen molar-refractivity contribution in [3.8, 4) is 0 Å². The summed E-state index contributed by atoms with van der Waals surface area (Å²) in [5, 5.41) is 4.91. The first kappa shape index (κ1) is 17.6. The average molecular weight is 327 g/mol. The van der Waals surface area contributed by atoms with Gasteiger partial charge in [-0.3, -0.25) is 0 Å². The highest BCUT2D eigenvalue weighted by molar-refractivity contribution is 5.89. The number of carbonyl (C=O) groups excluding carboxylic acids is 1. The van der Waals surface area contributed by atoms with Crippen molar-refractivity contribution >= 4 is 11.7 Å². The fraction of sp³-hybridized carbons (Fsp3) is 0.562. The molecule has 2 amide bonds. The van der Waals surface area contributed by atoms with E-state index < -0.39 is 23.4 Å². The molecule has 0 unspecified atom stereocenters. The number of halogens is 2. The van der Waals surface area contributed by atoms with Crippen molar-refractivity contribution < 1.29 is 18.3 Å². The first-order chi connectivity index (χ1) is 11.1. The highest BCUT2D eigenvalue weighted by Gasteiger charge is 2.20. The minimum atomic E-state index is -0.786. The normalized spacial score (nSPS) is 16.3. The second-order valence-electron chi connectivity index (χ2n) is 5.71. The SMILES string of the molecule is COCCN1CCC(CNC(=O)Nc2c(F)cccc2F)CC1. The summed E-state index contributed by atoms with van der Waals surface area (Å²) < 4.78 is 32.0. The van der Waals surface area contributed by atoms with Crippen molar-refractivity contribution in [3.63, 3.8) is 0 Å². The van der Waals surface area contributed by atoms with Crippen LogP contribution in [0.1, 0.15) is 12.8 Å². The van der Waals surface area contributed by atoms with E-state index in [1.165, 1.54) is 6.07 Å². The summed E-state index contributed by atoms with van der Waals surface area (Å²) in [6.45, 7) is 4.09. The lowest BCUT2D eigenvalue weighted by Crippen LogP contribution is -2.40. The van der Waals surface area contributed by atoms with Crippen LogP contribution in [0.25, 0.3) is 0 Å². The number of carbonyl (C=O) groups is 1. The van der Waals surface area contributed by atoms with E-state index >= 15 is 0 Å². The zero-order valence-corrected chi connectivity index (χ0v) is 13.3. The molecule has 0 radical (unpaired) electrons. The number of hydrogen-bond acceptors (Lipinski definition) is 3. The molecule has 7 heteroatoms. The zero-order chi connectivity index (χ0) is 16.7. The van der Waals surface area contributed by atoms with Gasteiger partial charge in [0, 0.05) is 20.2 Å². The molecule has 1 saturated heterocycles. The third-order valence-electron chi connectivity index (χ3n) is 4.07. The van der Waals surface area contributed by atoms with Crippen LogP contribution < -0.4 is 10.6 Å². The molecule has 1 aliphatic heterocycles. The molecule has 23 heavy (non-hydrogen) atoms. The second kappa shape index (κ2) is 8.79. The molecule has 0 saturated carbocycles. The van der Waals surface area contributed by atoms with Gasteiger partial charge < -0.3 is 20.3 Å². The second-order valence-corrected chi connectivity index (χ2v) is 5.71. The minimum Gasteiger partial charge on any atom is -0.383 e. The molecule has 1 aromatic rings. The zero-order valence-electron chi connectivity index (χ0n) is 13.3. The first-order valence-corrected chi connectivity index (χ1v) is 7.80. The molecule has 2 rings (SSSR count). The van der Waals surface area contributed by atoms with Crippen molar-refractivity contribution in [1.82, 2.24) is 10.2 Å². The highest BCUT2D eigenvalue weighted by atomic mass is 19.1. The molecular weight excluding hydrogens is 304 g/mol. The van der Waals surface area contributed by atoms with Crippen LogP contribution in [0.2, 0.25) is 0 Å². The van der Waals surface area contributed by atoms with Crippen LogP contribution in [0.5, 0.6) is 0 Å². The summed E-state index contributed by atoms with van der Waals surface area (Å²) in [7, 11) is 1.69. The van der Waals surface area contributed by atoms with E-state index in [2.05, 4.69) is 15.5 Å². The van der Waals surface area contributed by atoms with Crippen molar-refractivity contribution in [2.75, 3.05) is 45.2 Å². The van der Waals surface area contributed by atoms with Crippen molar-refractivity contribution in [3.05, 3.63) is 29.8 Å². The molecule has 1 aliphatic rings.